The Bertz CT molecular complexity index is 822. The van der Waals surface area contributed by atoms with Gasteiger partial charge in [0.05, 0.1) is 28.8 Å². The third kappa shape index (κ3) is 2.84. The topological polar surface area (TPSA) is 75.5 Å². The first-order chi connectivity index (χ1) is 12.1. The summed E-state index contributed by atoms with van der Waals surface area (Å²) in [6.07, 6.45) is 2.77. The van der Waals surface area contributed by atoms with E-state index >= 15 is 0 Å². The second kappa shape index (κ2) is 6.20. The molecule has 6 nitrogen and oxygen atoms in total. The van der Waals surface area contributed by atoms with Crippen LogP contribution in [0.15, 0.2) is 48.5 Å². The number of non-ortho nitro benzene ring substituents is 1. The molecule has 1 amide bonds. The first-order valence-corrected chi connectivity index (χ1v) is 8.54. The predicted octanol–water partition coefficient (Wildman–Crippen LogP) is 3.72. The molecule has 2 unspecified atom stereocenters. The molecule has 4 rings (SSSR count). The van der Waals surface area contributed by atoms with Gasteiger partial charge in [0.1, 0.15) is 0 Å². The third-order valence-corrected chi connectivity index (χ3v) is 5.11. The predicted molar refractivity (Wildman–Crippen MR) is 95.5 cm³/mol. The van der Waals surface area contributed by atoms with Crippen molar-refractivity contribution in [3.05, 3.63) is 64.2 Å². The summed E-state index contributed by atoms with van der Waals surface area (Å²) in [6.45, 7) is 0.468. The van der Waals surface area contributed by atoms with E-state index in [1.165, 1.54) is 6.07 Å². The Morgan fingerprint density at radius 1 is 1.16 bits per heavy atom. The SMILES string of the molecule is O=C1C2CCCC2Nc2cc([N+](=O)[O-])ccc2N1Cc1ccccc1. The van der Waals surface area contributed by atoms with Crippen LogP contribution >= 0.6 is 0 Å². The number of benzene rings is 2. The van der Waals surface area contributed by atoms with Gasteiger partial charge in [-0.05, 0) is 24.5 Å². The molecule has 1 N–H and O–H groups in total. The number of nitro groups is 1. The van der Waals surface area contributed by atoms with Crippen molar-refractivity contribution in [2.24, 2.45) is 5.92 Å². The Morgan fingerprint density at radius 3 is 2.72 bits per heavy atom. The monoisotopic (exact) mass is 337 g/mol. The van der Waals surface area contributed by atoms with E-state index in [-0.39, 0.29) is 23.6 Å². The molecular formula is C19H19N3O3. The molecular weight excluding hydrogens is 318 g/mol. The van der Waals surface area contributed by atoms with Crippen LogP contribution in [0, 0.1) is 16.0 Å². The number of carbonyl (C=O) groups is 1. The summed E-state index contributed by atoms with van der Waals surface area (Å²) >= 11 is 0. The molecule has 0 saturated heterocycles. The zero-order valence-corrected chi connectivity index (χ0v) is 13.7. The number of carbonyl (C=O) groups excluding carboxylic acids is 1. The number of nitrogens with zero attached hydrogens (tertiary/aromatic N) is 2. The molecule has 1 saturated carbocycles. The fraction of sp³-hybridized carbons (Fsp3) is 0.316. The minimum Gasteiger partial charge on any atom is -0.380 e. The summed E-state index contributed by atoms with van der Waals surface area (Å²) in [5, 5.41) is 14.5. The van der Waals surface area contributed by atoms with Crippen LogP contribution in [-0.4, -0.2) is 16.9 Å². The van der Waals surface area contributed by atoms with E-state index in [4.69, 9.17) is 0 Å². The first kappa shape index (κ1) is 15.6. The average Bonchev–Trinajstić information content (AvgIpc) is 3.04. The second-order valence-electron chi connectivity index (χ2n) is 6.66. The molecule has 0 radical (unpaired) electrons. The van der Waals surface area contributed by atoms with Crippen LogP contribution in [0.2, 0.25) is 0 Å². The molecule has 2 aromatic carbocycles. The summed E-state index contributed by atoms with van der Waals surface area (Å²) in [5.74, 6) is 0.0293. The van der Waals surface area contributed by atoms with Gasteiger partial charge in [0.15, 0.2) is 0 Å². The maximum atomic E-state index is 13.2. The number of rotatable bonds is 3. The Kier molecular flexibility index (Phi) is 3.87. The Balaban J connectivity index is 1.78. The number of fused-ring (bicyclic) bond motifs is 2. The zero-order chi connectivity index (χ0) is 17.4. The van der Waals surface area contributed by atoms with Gasteiger partial charge < -0.3 is 10.2 Å². The Labute approximate surface area is 145 Å². The van der Waals surface area contributed by atoms with Gasteiger partial charge in [-0.3, -0.25) is 14.9 Å². The molecule has 1 aliphatic carbocycles. The number of hydrogen-bond acceptors (Lipinski definition) is 4. The lowest BCUT2D eigenvalue weighted by Crippen LogP contribution is -2.38. The van der Waals surface area contributed by atoms with Crippen LogP contribution in [0.25, 0.3) is 0 Å². The lowest BCUT2D eigenvalue weighted by Gasteiger charge is -2.25. The number of amides is 1. The van der Waals surface area contributed by atoms with E-state index in [1.54, 1.807) is 17.0 Å². The van der Waals surface area contributed by atoms with Crippen LogP contribution in [0.5, 0.6) is 0 Å². The lowest BCUT2D eigenvalue weighted by atomic mass is 10.0. The molecule has 6 heteroatoms. The fourth-order valence-electron chi connectivity index (χ4n) is 3.86. The minimum absolute atomic E-state index is 0.0369. The largest absolute Gasteiger partial charge is 0.380 e. The highest BCUT2D eigenvalue weighted by Gasteiger charge is 2.40. The van der Waals surface area contributed by atoms with Crippen LogP contribution in [0.3, 0.4) is 0 Å². The standard InChI is InChI=1S/C19H19N3O3/c23-19-15-7-4-8-16(15)20-17-11-14(22(24)25)9-10-18(17)21(19)12-13-5-2-1-3-6-13/h1-3,5-6,9-11,15-16,20H,4,7-8,12H2. The van der Waals surface area contributed by atoms with Crippen molar-refractivity contribution >= 4 is 23.0 Å². The van der Waals surface area contributed by atoms with E-state index in [2.05, 4.69) is 5.32 Å². The molecule has 0 aromatic heterocycles. The molecule has 1 fully saturated rings. The van der Waals surface area contributed by atoms with Crippen molar-refractivity contribution < 1.29 is 9.72 Å². The summed E-state index contributed by atoms with van der Waals surface area (Å²) in [5.41, 5.74) is 2.47. The van der Waals surface area contributed by atoms with Crippen LogP contribution < -0.4 is 10.2 Å². The molecule has 2 atom stereocenters. The van der Waals surface area contributed by atoms with Crippen LogP contribution in [-0.2, 0) is 11.3 Å². The van der Waals surface area contributed by atoms with Gasteiger partial charge in [0, 0.05) is 18.2 Å². The van der Waals surface area contributed by atoms with E-state index < -0.39 is 4.92 Å². The highest BCUT2D eigenvalue weighted by Crippen LogP contribution is 2.40. The van der Waals surface area contributed by atoms with Crippen molar-refractivity contribution in [3.63, 3.8) is 0 Å². The molecule has 2 aromatic rings. The third-order valence-electron chi connectivity index (χ3n) is 5.11. The second-order valence-corrected chi connectivity index (χ2v) is 6.66. The van der Waals surface area contributed by atoms with Gasteiger partial charge in [-0.15, -0.1) is 0 Å². The number of hydrogen-bond donors (Lipinski definition) is 1. The molecule has 0 spiro atoms. The smallest absolute Gasteiger partial charge is 0.271 e. The van der Waals surface area contributed by atoms with E-state index in [9.17, 15) is 14.9 Å². The average molecular weight is 337 g/mol. The summed E-state index contributed by atoms with van der Waals surface area (Å²) < 4.78 is 0. The fourth-order valence-corrected chi connectivity index (χ4v) is 3.86. The van der Waals surface area contributed by atoms with Crippen molar-refractivity contribution in [2.45, 2.75) is 31.8 Å². The van der Waals surface area contributed by atoms with Gasteiger partial charge in [0.2, 0.25) is 5.91 Å². The van der Waals surface area contributed by atoms with E-state index in [1.807, 2.05) is 30.3 Å². The van der Waals surface area contributed by atoms with Crippen molar-refractivity contribution in [1.29, 1.82) is 0 Å². The van der Waals surface area contributed by atoms with Gasteiger partial charge in [-0.2, -0.15) is 0 Å². The Morgan fingerprint density at radius 2 is 1.96 bits per heavy atom. The summed E-state index contributed by atoms with van der Waals surface area (Å²) in [4.78, 5) is 25.7. The summed E-state index contributed by atoms with van der Waals surface area (Å²) in [7, 11) is 0. The van der Waals surface area contributed by atoms with Crippen LogP contribution in [0.1, 0.15) is 24.8 Å². The quantitative estimate of drug-likeness (QED) is 0.684. The number of nitrogens with one attached hydrogen (secondary N) is 1. The van der Waals surface area contributed by atoms with Gasteiger partial charge in [-0.25, -0.2) is 0 Å². The molecule has 25 heavy (non-hydrogen) atoms. The molecule has 1 aliphatic heterocycles. The van der Waals surface area contributed by atoms with Gasteiger partial charge >= 0.3 is 0 Å². The van der Waals surface area contributed by atoms with E-state index in [0.29, 0.717) is 17.9 Å². The molecule has 1 heterocycles. The highest BCUT2D eigenvalue weighted by molar-refractivity contribution is 6.00. The maximum Gasteiger partial charge on any atom is 0.271 e. The van der Waals surface area contributed by atoms with Gasteiger partial charge in [0.25, 0.3) is 5.69 Å². The normalized spacial score (nSPS) is 21.9. The van der Waals surface area contributed by atoms with Crippen LogP contribution in [0.4, 0.5) is 17.1 Å². The van der Waals surface area contributed by atoms with Gasteiger partial charge in [-0.1, -0.05) is 36.8 Å². The first-order valence-electron chi connectivity index (χ1n) is 8.54. The Hall–Kier alpha value is -2.89. The minimum atomic E-state index is -0.400. The highest BCUT2D eigenvalue weighted by atomic mass is 16.6. The lowest BCUT2D eigenvalue weighted by molar-refractivity contribution is -0.384. The van der Waals surface area contributed by atoms with E-state index in [0.717, 1.165) is 24.8 Å². The zero-order valence-electron chi connectivity index (χ0n) is 13.7. The number of anilines is 2. The van der Waals surface area contributed by atoms with Crippen molar-refractivity contribution in [1.82, 2.24) is 0 Å². The number of nitro benzene ring substituents is 1. The molecule has 128 valence electrons. The van der Waals surface area contributed by atoms with Crippen molar-refractivity contribution in [3.8, 4) is 0 Å². The maximum absolute atomic E-state index is 13.2. The van der Waals surface area contributed by atoms with Crippen molar-refractivity contribution in [2.75, 3.05) is 10.2 Å². The summed E-state index contributed by atoms with van der Waals surface area (Å²) in [6, 6.07) is 14.6. The molecule has 0 bridgehead atoms. The molecule has 2 aliphatic rings.